The summed E-state index contributed by atoms with van der Waals surface area (Å²) < 4.78 is 0. The third-order valence-electron chi connectivity index (χ3n) is 1.07. The predicted molar refractivity (Wildman–Crippen MR) is 39.4 cm³/mol. The highest BCUT2D eigenvalue weighted by Gasteiger charge is 1.97. The maximum absolute atomic E-state index is 9.05. The van der Waals surface area contributed by atoms with Gasteiger partial charge in [-0.1, -0.05) is 13.0 Å². The Labute approximate surface area is 56.6 Å². The van der Waals surface area contributed by atoms with E-state index in [1.807, 2.05) is 6.92 Å². The molecule has 0 heterocycles. The van der Waals surface area contributed by atoms with E-state index in [0.717, 1.165) is 6.54 Å². The second-order valence-corrected chi connectivity index (χ2v) is 1.99. The molecule has 2 heteroatoms. The SMILES string of the molecule is C=CCC(O)CNCC. The second-order valence-electron chi connectivity index (χ2n) is 1.99. The maximum atomic E-state index is 9.05. The summed E-state index contributed by atoms with van der Waals surface area (Å²) in [6.45, 7) is 7.12. The van der Waals surface area contributed by atoms with E-state index < -0.39 is 0 Å². The summed E-state index contributed by atoms with van der Waals surface area (Å²) in [7, 11) is 0. The van der Waals surface area contributed by atoms with Crippen molar-refractivity contribution < 1.29 is 5.11 Å². The van der Waals surface area contributed by atoms with Gasteiger partial charge in [-0.3, -0.25) is 0 Å². The summed E-state index contributed by atoms with van der Waals surface area (Å²) in [5.74, 6) is 0. The first-order valence-corrected chi connectivity index (χ1v) is 3.31. The van der Waals surface area contributed by atoms with Gasteiger partial charge in [-0.05, 0) is 13.0 Å². The molecule has 0 aliphatic rings. The number of nitrogens with one attached hydrogen (secondary N) is 1. The van der Waals surface area contributed by atoms with E-state index in [1.165, 1.54) is 0 Å². The highest BCUT2D eigenvalue weighted by molar-refractivity contribution is 4.73. The van der Waals surface area contributed by atoms with E-state index >= 15 is 0 Å². The molecule has 2 N–H and O–H groups in total. The first-order valence-electron chi connectivity index (χ1n) is 3.31. The van der Waals surface area contributed by atoms with Crippen molar-refractivity contribution in [2.75, 3.05) is 13.1 Å². The molecule has 9 heavy (non-hydrogen) atoms. The number of hydrogen-bond acceptors (Lipinski definition) is 2. The van der Waals surface area contributed by atoms with Crippen molar-refractivity contribution in [3.8, 4) is 0 Å². The van der Waals surface area contributed by atoms with Crippen LogP contribution in [0.4, 0.5) is 0 Å². The van der Waals surface area contributed by atoms with Gasteiger partial charge in [0.05, 0.1) is 6.10 Å². The molecule has 0 aromatic rings. The Bertz CT molecular complexity index is 73.3. The molecule has 1 unspecified atom stereocenters. The van der Waals surface area contributed by atoms with Crippen LogP contribution in [-0.2, 0) is 0 Å². The average molecular weight is 129 g/mol. The summed E-state index contributed by atoms with van der Waals surface area (Å²) in [5.41, 5.74) is 0. The van der Waals surface area contributed by atoms with Crippen LogP contribution >= 0.6 is 0 Å². The van der Waals surface area contributed by atoms with Crippen molar-refractivity contribution >= 4 is 0 Å². The van der Waals surface area contributed by atoms with Crippen molar-refractivity contribution in [1.82, 2.24) is 5.32 Å². The van der Waals surface area contributed by atoms with Crippen LogP contribution in [-0.4, -0.2) is 24.3 Å². The van der Waals surface area contributed by atoms with Gasteiger partial charge in [-0.25, -0.2) is 0 Å². The van der Waals surface area contributed by atoms with Crippen LogP contribution in [0.15, 0.2) is 12.7 Å². The summed E-state index contributed by atoms with van der Waals surface area (Å²) in [6, 6.07) is 0. The minimum Gasteiger partial charge on any atom is -0.391 e. The molecular weight excluding hydrogens is 114 g/mol. The molecule has 0 rings (SSSR count). The monoisotopic (exact) mass is 129 g/mol. The molecule has 0 bridgehead atoms. The van der Waals surface area contributed by atoms with Gasteiger partial charge < -0.3 is 10.4 Å². The largest absolute Gasteiger partial charge is 0.391 e. The first kappa shape index (κ1) is 8.66. The zero-order valence-electron chi connectivity index (χ0n) is 5.93. The average Bonchev–Trinajstić information content (AvgIpc) is 1.85. The molecule has 0 amide bonds. The number of likely N-dealkylation sites (N-methyl/N-ethyl adjacent to an activating group) is 1. The number of aliphatic hydroxyl groups is 1. The fraction of sp³-hybridized carbons (Fsp3) is 0.714. The Kier molecular flexibility index (Phi) is 5.57. The van der Waals surface area contributed by atoms with Crippen LogP contribution in [0.2, 0.25) is 0 Å². The lowest BCUT2D eigenvalue weighted by Gasteiger charge is -2.06. The molecule has 0 saturated heterocycles. The van der Waals surface area contributed by atoms with Crippen molar-refractivity contribution in [1.29, 1.82) is 0 Å². The van der Waals surface area contributed by atoms with Gasteiger partial charge in [0.15, 0.2) is 0 Å². The molecule has 0 aromatic heterocycles. The molecule has 0 spiro atoms. The van der Waals surface area contributed by atoms with E-state index in [9.17, 15) is 0 Å². The normalized spacial score (nSPS) is 13.1. The van der Waals surface area contributed by atoms with E-state index in [-0.39, 0.29) is 6.10 Å². The fourth-order valence-electron chi connectivity index (χ4n) is 0.587. The number of hydrogen-bond donors (Lipinski definition) is 2. The molecule has 54 valence electrons. The fourth-order valence-corrected chi connectivity index (χ4v) is 0.587. The standard InChI is InChI=1S/C7H15NO/c1-3-5-7(9)6-8-4-2/h3,7-9H,1,4-6H2,2H3. The zero-order chi connectivity index (χ0) is 7.11. The topological polar surface area (TPSA) is 32.3 Å². The van der Waals surface area contributed by atoms with Gasteiger partial charge in [0.1, 0.15) is 0 Å². The quantitative estimate of drug-likeness (QED) is 0.531. The first-order chi connectivity index (χ1) is 4.31. The lowest BCUT2D eigenvalue weighted by molar-refractivity contribution is 0.175. The molecule has 0 radical (unpaired) electrons. The summed E-state index contributed by atoms with van der Waals surface area (Å²) in [6.07, 6.45) is 2.14. The smallest absolute Gasteiger partial charge is 0.0698 e. The molecule has 0 aliphatic heterocycles. The Morgan fingerprint density at radius 1 is 1.78 bits per heavy atom. The van der Waals surface area contributed by atoms with E-state index in [4.69, 9.17) is 5.11 Å². The van der Waals surface area contributed by atoms with Crippen molar-refractivity contribution in [2.24, 2.45) is 0 Å². The lowest BCUT2D eigenvalue weighted by Crippen LogP contribution is -2.25. The summed E-state index contributed by atoms with van der Waals surface area (Å²) in [4.78, 5) is 0. The lowest BCUT2D eigenvalue weighted by atomic mass is 10.2. The maximum Gasteiger partial charge on any atom is 0.0698 e. The Balaban J connectivity index is 3.04. The van der Waals surface area contributed by atoms with E-state index in [0.29, 0.717) is 13.0 Å². The summed E-state index contributed by atoms with van der Waals surface area (Å²) in [5, 5.41) is 12.1. The third kappa shape index (κ3) is 5.53. The predicted octanol–water partition coefficient (Wildman–Crippen LogP) is 0.533. The molecule has 0 aliphatic carbocycles. The Morgan fingerprint density at radius 3 is 2.89 bits per heavy atom. The minimum absolute atomic E-state index is 0.262. The van der Waals surface area contributed by atoms with Crippen LogP contribution in [0.1, 0.15) is 13.3 Å². The van der Waals surface area contributed by atoms with E-state index in [2.05, 4.69) is 11.9 Å². The van der Waals surface area contributed by atoms with Gasteiger partial charge in [-0.15, -0.1) is 6.58 Å². The number of rotatable bonds is 5. The zero-order valence-corrected chi connectivity index (χ0v) is 5.93. The van der Waals surface area contributed by atoms with Crippen LogP contribution in [0, 0.1) is 0 Å². The van der Waals surface area contributed by atoms with Gasteiger partial charge in [0.25, 0.3) is 0 Å². The minimum atomic E-state index is -0.262. The molecular formula is C7H15NO. The summed E-state index contributed by atoms with van der Waals surface area (Å²) >= 11 is 0. The van der Waals surface area contributed by atoms with Gasteiger partial charge >= 0.3 is 0 Å². The molecule has 2 nitrogen and oxygen atoms in total. The van der Waals surface area contributed by atoms with Crippen molar-refractivity contribution in [3.05, 3.63) is 12.7 Å². The molecule has 1 atom stereocenters. The van der Waals surface area contributed by atoms with Crippen molar-refractivity contribution in [2.45, 2.75) is 19.4 Å². The van der Waals surface area contributed by atoms with Crippen LogP contribution in [0.3, 0.4) is 0 Å². The number of aliphatic hydroxyl groups excluding tert-OH is 1. The Morgan fingerprint density at radius 2 is 2.44 bits per heavy atom. The van der Waals surface area contributed by atoms with E-state index in [1.54, 1.807) is 6.08 Å². The molecule has 0 fully saturated rings. The molecule has 0 aromatic carbocycles. The van der Waals surface area contributed by atoms with Crippen molar-refractivity contribution in [3.63, 3.8) is 0 Å². The van der Waals surface area contributed by atoms with Crippen LogP contribution in [0.25, 0.3) is 0 Å². The van der Waals surface area contributed by atoms with Gasteiger partial charge in [-0.2, -0.15) is 0 Å². The van der Waals surface area contributed by atoms with Crippen LogP contribution in [0.5, 0.6) is 0 Å². The third-order valence-corrected chi connectivity index (χ3v) is 1.07. The highest BCUT2D eigenvalue weighted by atomic mass is 16.3. The molecule has 0 saturated carbocycles. The van der Waals surface area contributed by atoms with Crippen LogP contribution < -0.4 is 5.32 Å². The highest BCUT2D eigenvalue weighted by Crippen LogP contribution is 1.88. The Hall–Kier alpha value is -0.340. The van der Waals surface area contributed by atoms with Gasteiger partial charge in [0, 0.05) is 6.54 Å². The van der Waals surface area contributed by atoms with Gasteiger partial charge in [0.2, 0.25) is 0 Å². The second kappa shape index (κ2) is 5.79.